The van der Waals surface area contributed by atoms with Gasteiger partial charge in [0.05, 0.1) is 11.1 Å². The molecule has 8 heteroatoms. The number of piperidine rings is 1. The summed E-state index contributed by atoms with van der Waals surface area (Å²) in [6.45, 7) is 1.22. The fourth-order valence-electron chi connectivity index (χ4n) is 3.63. The fraction of sp³-hybridized carbons (Fsp3) is 0.444. The van der Waals surface area contributed by atoms with Gasteiger partial charge in [0.15, 0.2) is 0 Å². The van der Waals surface area contributed by atoms with E-state index in [0.717, 1.165) is 23.4 Å². The van der Waals surface area contributed by atoms with Crippen LogP contribution < -0.4 is 16.4 Å². The maximum Gasteiger partial charge on any atom is 0.262 e. The third-order valence-electron chi connectivity index (χ3n) is 5.25. The predicted octanol–water partition coefficient (Wildman–Crippen LogP) is -0.475. The van der Waals surface area contributed by atoms with Gasteiger partial charge in [-0.2, -0.15) is 0 Å². The Balaban J connectivity index is 1.54. The molecule has 1 saturated heterocycles. The van der Waals surface area contributed by atoms with E-state index in [1.54, 1.807) is 18.2 Å². The third kappa shape index (κ3) is 2.81. The highest BCUT2D eigenvalue weighted by Gasteiger charge is 2.45. The molecule has 2 aliphatic heterocycles. The summed E-state index contributed by atoms with van der Waals surface area (Å²) < 4.78 is 0. The van der Waals surface area contributed by atoms with Gasteiger partial charge in [0, 0.05) is 19.0 Å². The number of carbonyl (C=O) groups is 4. The second-order valence-corrected chi connectivity index (χ2v) is 7.08. The van der Waals surface area contributed by atoms with Crippen LogP contribution in [-0.4, -0.2) is 47.2 Å². The van der Waals surface area contributed by atoms with Crippen LogP contribution in [0.2, 0.25) is 0 Å². The van der Waals surface area contributed by atoms with Crippen molar-refractivity contribution in [2.24, 2.45) is 11.7 Å². The zero-order chi connectivity index (χ0) is 18.4. The van der Waals surface area contributed by atoms with Gasteiger partial charge < -0.3 is 11.1 Å². The van der Waals surface area contributed by atoms with E-state index >= 15 is 0 Å². The normalized spacial score (nSPS) is 27.6. The number of amides is 4. The summed E-state index contributed by atoms with van der Waals surface area (Å²) in [5, 5.41) is 5.48. The molecule has 26 heavy (non-hydrogen) atoms. The lowest BCUT2D eigenvalue weighted by molar-refractivity contribution is -0.136. The van der Waals surface area contributed by atoms with Crippen LogP contribution in [0, 0.1) is 5.92 Å². The van der Waals surface area contributed by atoms with E-state index in [1.165, 1.54) is 0 Å². The largest absolute Gasteiger partial charge is 0.327 e. The maximum absolute atomic E-state index is 12.9. The number of hydrogen-bond acceptors (Lipinski definition) is 6. The van der Waals surface area contributed by atoms with Gasteiger partial charge in [0.25, 0.3) is 11.8 Å². The number of imide groups is 2. The van der Waals surface area contributed by atoms with Crippen LogP contribution in [0.5, 0.6) is 0 Å². The molecule has 4 rings (SSSR count). The highest BCUT2D eigenvalue weighted by atomic mass is 16.2. The minimum Gasteiger partial charge on any atom is -0.327 e. The van der Waals surface area contributed by atoms with E-state index in [9.17, 15) is 19.2 Å². The monoisotopic (exact) mass is 356 g/mol. The van der Waals surface area contributed by atoms with Crippen LogP contribution in [0.3, 0.4) is 0 Å². The molecule has 1 aliphatic carbocycles. The van der Waals surface area contributed by atoms with Gasteiger partial charge in [-0.3, -0.25) is 29.4 Å². The van der Waals surface area contributed by atoms with Crippen LogP contribution in [0.1, 0.15) is 45.5 Å². The molecular weight excluding hydrogens is 336 g/mol. The van der Waals surface area contributed by atoms with Crippen LogP contribution in [-0.2, 0) is 16.1 Å². The summed E-state index contributed by atoms with van der Waals surface area (Å²) in [4.78, 5) is 50.1. The lowest BCUT2D eigenvalue weighted by Crippen LogP contribution is -2.54. The molecule has 3 aliphatic rings. The van der Waals surface area contributed by atoms with E-state index < -0.39 is 23.8 Å². The second kappa shape index (κ2) is 6.30. The number of benzene rings is 1. The lowest BCUT2D eigenvalue weighted by atomic mass is 10.0. The van der Waals surface area contributed by atoms with Gasteiger partial charge >= 0.3 is 0 Å². The van der Waals surface area contributed by atoms with Crippen molar-refractivity contribution in [3.05, 3.63) is 34.9 Å². The number of nitrogens with one attached hydrogen (secondary N) is 2. The van der Waals surface area contributed by atoms with Gasteiger partial charge in [0.2, 0.25) is 11.8 Å². The van der Waals surface area contributed by atoms with Crippen LogP contribution in [0.25, 0.3) is 0 Å². The molecule has 0 radical (unpaired) electrons. The molecule has 0 bridgehead atoms. The molecule has 3 unspecified atom stereocenters. The summed E-state index contributed by atoms with van der Waals surface area (Å²) in [5.41, 5.74) is 7.17. The molecule has 1 aromatic carbocycles. The zero-order valence-electron chi connectivity index (χ0n) is 14.2. The molecule has 0 spiro atoms. The van der Waals surface area contributed by atoms with Crippen molar-refractivity contribution < 1.29 is 19.2 Å². The zero-order valence-corrected chi connectivity index (χ0v) is 14.2. The average molecular weight is 356 g/mol. The summed E-state index contributed by atoms with van der Waals surface area (Å²) >= 11 is 0. The molecule has 136 valence electrons. The van der Waals surface area contributed by atoms with Crippen molar-refractivity contribution >= 4 is 23.6 Å². The van der Waals surface area contributed by atoms with E-state index in [2.05, 4.69) is 10.6 Å². The molecule has 1 aromatic rings. The van der Waals surface area contributed by atoms with Gasteiger partial charge in [0.1, 0.15) is 6.04 Å². The van der Waals surface area contributed by atoms with Gasteiger partial charge in [-0.15, -0.1) is 0 Å². The third-order valence-corrected chi connectivity index (χ3v) is 5.25. The first-order chi connectivity index (χ1) is 12.5. The summed E-state index contributed by atoms with van der Waals surface area (Å²) in [5.74, 6) is -1.47. The summed E-state index contributed by atoms with van der Waals surface area (Å²) in [6.07, 6.45) is 1.27. The van der Waals surface area contributed by atoms with Crippen LogP contribution >= 0.6 is 0 Å². The standard InChI is InChI=1S/C18H20N4O4/c19-12-6-10(12)8-20-7-9-2-1-3-11-15(9)18(26)22(17(11)25)13-4-5-14(23)21-16(13)24/h1-3,10,12-13,20H,4-8,19H2,(H,21,23,24). The molecular formula is C18H20N4O4. The molecule has 1 saturated carbocycles. The van der Waals surface area contributed by atoms with E-state index in [0.29, 0.717) is 23.6 Å². The molecule has 8 nitrogen and oxygen atoms in total. The number of hydrogen-bond donors (Lipinski definition) is 3. The number of carbonyl (C=O) groups excluding carboxylic acids is 4. The molecule has 2 heterocycles. The van der Waals surface area contributed by atoms with Crippen molar-refractivity contribution in [3.63, 3.8) is 0 Å². The fourth-order valence-corrected chi connectivity index (χ4v) is 3.63. The Morgan fingerprint density at radius 1 is 1.19 bits per heavy atom. The van der Waals surface area contributed by atoms with Crippen LogP contribution in [0.4, 0.5) is 0 Å². The molecule has 4 amide bonds. The topological polar surface area (TPSA) is 122 Å². The Morgan fingerprint density at radius 2 is 1.96 bits per heavy atom. The maximum atomic E-state index is 12.9. The highest BCUT2D eigenvalue weighted by molar-refractivity contribution is 6.24. The first-order valence-corrected chi connectivity index (χ1v) is 8.77. The Labute approximate surface area is 150 Å². The van der Waals surface area contributed by atoms with E-state index in [1.807, 2.05) is 0 Å². The highest BCUT2D eigenvalue weighted by Crippen LogP contribution is 2.30. The Hall–Kier alpha value is -2.58. The molecule has 2 fully saturated rings. The first-order valence-electron chi connectivity index (χ1n) is 8.77. The van der Waals surface area contributed by atoms with Crippen molar-refractivity contribution in [3.8, 4) is 0 Å². The predicted molar refractivity (Wildman–Crippen MR) is 90.9 cm³/mol. The number of nitrogens with two attached hydrogens (primary N) is 1. The number of rotatable bonds is 5. The van der Waals surface area contributed by atoms with Gasteiger partial charge in [-0.25, -0.2) is 0 Å². The van der Waals surface area contributed by atoms with Gasteiger partial charge in [-0.1, -0.05) is 12.1 Å². The van der Waals surface area contributed by atoms with Crippen molar-refractivity contribution in [2.75, 3.05) is 6.54 Å². The number of nitrogens with zero attached hydrogens (tertiary/aromatic N) is 1. The molecule has 0 aromatic heterocycles. The van der Waals surface area contributed by atoms with E-state index in [-0.39, 0.29) is 24.8 Å². The van der Waals surface area contributed by atoms with E-state index in [4.69, 9.17) is 5.73 Å². The molecule has 4 N–H and O–H groups in total. The van der Waals surface area contributed by atoms with Gasteiger partial charge in [-0.05, 0) is 36.9 Å². The average Bonchev–Trinajstić information content (AvgIpc) is 3.24. The van der Waals surface area contributed by atoms with Crippen molar-refractivity contribution in [1.82, 2.24) is 15.5 Å². The Morgan fingerprint density at radius 3 is 2.65 bits per heavy atom. The minimum absolute atomic E-state index is 0.111. The Kier molecular flexibility index (Phi) is 4.08. The smallest absolute Gasteiger partial charge is 0.262 e. The number of fused-ring (bicyclic) bond motifs is 1. The second-order valence-electron chi connectivity index (χ2n) is 7.08. The summed E-state index contributed by atoms with van der Waals surface area (Å²) in [7, 11) is 0. The minimum atomic E-state index is -0.939. The quantitative estimate of drug-likeness (QED) is 0.613. The lowest BCUT2D eigenvalue weighted by Gasteiger charge is -2.27. The first kappa shape index (κ1) is 16.9. The Bertz CT molecular complexity index is 821. The molecule has 3 atom stereocenters. The van der Waals surface area contributed by atoms with Crippen LogP contribution in [0.15, 0.2) is 18.2 Å². The van der Waals surface area contributed by atoms with Crippen molar-refractivity contribution in [2.45, 2.75) is 37.9 Å². The van der Waals surface area contributed by atoms with Crippen molar-refractivity contribution in [1.29, 1.82) is 0 Å². The SMILES string of the molecule is NC1CC1CNCc1cccc2c1C(=O)N(C1CCC(=O)NC1=O)C2=O. The summed E-state index contributed by atoms with van der Waals surface area (Å²) in [6, 6.07) is 4.44.